The van der Waals surface area contributed by atoms with E-state index in [2.05, 4.69) is 20.1 Å². The number of aromatic nitrogens is 5. The lowest BCUT2D eigenvalue weighted by molar-refractivity contribution is 0.0724. The molecule has 0 aliphatic carbocycles. The van der Waals surface area contributed by atoms with Gasteiger partial charge in [0.05, 0.1) is 13.2 Å². The lowest BCUT2D eigenvalue weighted by Gasteiger charge is -2.27. The fourth-order valence-electron chi connectivity index (χ4n) is 3.87. The van der Waals surface area contributed by atoms with Crippen LogP contribution in [0.1, 0.15) is 29.6 Å². The molecule has 3 aromatic heterocycles. The predicted octanol–water partition coefficient (Wildman–Crippen LogP) is 1.65. The summed E-state index contributed by atoms with van der Waals surface area (Å²) in [6.45, 7) is 4.61. The predicted molar refractivity (Wildman–Crippen MR) is 107 cm³/mol. The number of morpholine rings is 1. The molecule has 1 amide bonds. The lowest BCUT2D eigenvalue weighted by atomic mass is 10.1. The molecule has 2 aliphatic rings. The highest BCUT2D eigenvalue weighted by molar-refractivity contribution is 5.95. The maximum atomic E-state index is 12.9. The Balaban J connectivity index is 1.48. The number of pyridine rings is 1. The molecule has 0 atom stereocenters. The van der Waals surface area contributed by atoms with Crippen LogP contribution in [-0.4, -0.2) is 75.0 Å². The number of hydrogen-bond acceptors (Lipinski definition) is 7. The second-order valence-electron chi connectivity index (χ2n) is 7.37. The number of hydrogen-bond donors (Lipinski definition) is 0. The van der Waals surface area contributed by atoms with Crippen LogP contribution in [0.15, 0.2) is 30.5 Å². The molecule has 5 rings (SSSR count). The summed E-state index contributed by atoms with van der Waals surface area (Å²) in [5.41, 5.74) is 1.86. The molecule has 0 radical (unpaired) electrons. The Kier molecular flexibility index (Phi) is 4.81. The van der Waals surface area contributed by atoms with Gasteiger partial charge in [-0.05, 0) is 43.5 Å². The summed E-state index contributed by atoms with van der Waals surface area (Å²) in [6.07, 6.45) is 4.97. The summed E-state index contributed by atoms with van der Waals surface area (Å²) < 4.78 is 7.12. The van der Waals surface area contributed by atoms with Gasteiger partial charge in [0.25, 0.3) is 5.91 Å². The van der Waals surface area contributed by atoms with E-state index in [9.17, 15) is 4.79 Å². The Bertz CT molecular complexity index is 1020. The van der Waals surface area contributed by atoms with Gasteiger partial charge >= 0.3 is 0 Å². The first kappa shape index (κ1) is 18.0. The minimum Gasteiger partial charge on any atom is -0.378 e. The Morgan fingerprint density at radius 1 is 0.966 bits per heavy atom. The Hall–Kier alpha value is -3.07. The third-order valence-electron chi connectivity index (χ3n) is 5.46. The molecular weight excluding hydrogens is 370 g/mol. The second kappa shape index (κ2) is 7.75. The highest BCUT2D eigenvalue weighted by Crippen LogP contribution is 2.21. The van der Waals surface area contributed by atoms with Crippen LogP contribution in [0.4, 0.5) is 5.82 Å². The van der Waals surface area contributed by atoms with Gasteiger partial charge in [-0.1, -0.05) is 0 Å². The molecule has 2 aliphatic heterocycles. The fourth-order valence-corrected chi connectivity index (χ4v) is 3.87. The number of carbonyl (C=O) groups excluding carboxylic acids is 1. The average Bonchev–Trinajstić information content (AvgIpc) is 3.23. The van der Waals surface area contributed by atoms with Crippen LogP contribution in [0.3, 0.4) is 0 Å². The van der Waals surface area contributed by atoms with Crippen molar-refractivity contribution in [3.8, 4) is 11.5 Å². The molecule has 9 heteroatoms. The third-order valence-corrected chi connectivity index (χ3v) is 5.46. The van der Waals surface area contributed by atoms with E-state index in [1.165, 1.54) is 6.42 Å². The van der Waals surface area contributed by atoms with Crippen molar-refractivity contribution < 1.29 is 9.53 Å². The fraction of sp³-hybridized carbons (Fsp3) is 0.450. The molecule has 0 saturated carbocycles. The van der Waals surface area contributed by atoms with E-state index in [1.54, 1.807) is 22.8 Å². The number of piperidine rings is 1. The maximum Gasteiger partial charge on any atom is 0.253 e. The standard InChI is InChI=1S/C20H23N7O2/c28-20(26-8-2-1-3-9-26)15-6-7-21-16(14-15)19-23-22-17-4-5-18(24-27(17)19)25-10-12-29-13-11-25/h4-7,14H,1-3,8-13H2. The molecule has 0 aromatic carbocycles. The number of ether oxygens (including phenoxy) is 1. The van der Waals surface area contributed by atoms with Crippen molar-refractivity contribution >= 4 is 17.4 Å². The Morgan fingerprint density at radius 2 is 1.79 bits per heavy atom. The summed E-state index contributed by atoms with van der Waals surface area (Å²) >= 11 is 0. The highest BCUT2D eigenvalue weighted by Gasteiger charge is 2.20. The highest BCUT2D eigenvalue weighted by atomic mass is 16.5. The van der Waals surface area contributed by atoms with E-state index in [4.69, 9.17) is 9.84 Å². The van der Waals surface area contributed by atoms with Crippen LogP contribution in [0.25, 0.3) is 17.2 Å². The van der Waals surface area contributed by atoms with E-state index in [0.29, 0.717) is 35.9 Å². The van der Waals surface area contributed by atoms with Crippen molar-refractivity contribution in [1.82, 2.24) is 29.7 Å². The second-order valence-corrected chi connectivity index (χ2v) is 7.37. The van der Waals surface area contributed by atoms with Gasteiger partial charge in [-0.25, -0.2) is 0 Å². The molecule has 0 spiro atoms. The monoisotopic (exact) mass is 393 g/mol. The van der Waals surface area contributed by atoms with E-state index in [-0.39, 0.29) is 5.91 Å². The zero-order valence-electron chi connectivity index (χ0n) is 16.2. The van der Waals surface area contributed by atoms with Gasteiger partial charge in [0, 0.05) is 37.9 Å². The molecular formula is C20H23N7O2. The molecule has 9 nitrogen and oxygen atoms in total. The maximum absolute atomic E-state index is 12.9. The van der Waals surface area contributed by atoms with Crippen molar-refractivity contribution in [3.63, 3.8) is 0 Å². The summed E-state index contributed by atoms with van der Waals surface area (Å²) in [7, 11) is 0. The number of amides is 1. The largest absolute Gasteiger partial charge is 0.378 e. The van der Waals surface area contributed by atoms with Gasteiger partial charge in [0.1, 0.15) is 11.5 Å². The summed E-state index contributed by atoms with van der Waals surface area (Å²) in [5.74, 6) is 1.43. The molecule has 2 fully saturated rings. The Morgan fingerprint density at radius 3 is 2.62 bits per heavy atom. The van der Waals surface area contributed by atoms with E-state index in [0.717, 1.165) is 44.8 Å². The van der Waals surface area contributed by atoms with Crippen LogP contribution in [0, 0.1) is 0 Å². The van der Waals surface area contributed by atoms with Crippen LogP contribution in [-0.2, 0) is 4.74 Å². The zero-order chi connectivity index (χ0) is 19.6. The van der Waals surface area contributed by atoms with E-state index in [1.807, 2.05) is 17.0 Å². The number of fused-ring (bicyclic) bond motifs is 1. The van der Waals surface area contributed by atoms with Gasteiger partial charge in [-0.15, -0.1) is 15.3 Å². The molecule has 0 bridgehead atoms. The van der Waals surface area contributed by atoms with E-state index < -0.39 is 0 Å². The number of nitrogens with zero attached hydrogens (tertiary/aromatic N) is 7. The number of rotatable bonds is 3. The molecule has 5 heterocycles. The van der Waals surface area contributed by atoms with Gasteiger partial charge in [-0.3, -0.25) is 9.78 Å². The lowest BCUT2D eigenvalue weighted by Crippen LogP contribution is -2.37. The molecule has 29 heavy (non-hydrogen) atoms. The number of anilines is 1. The summed E-state index contributed by atoms with van der Waals surface area (Å²) in [6, 6.07) is 7.40. The van der Waals surface area contributed by atoms with Gasteiger partial charge in [-0.2, -0.15) is 4.52 Å². The molecule has 0 unspecified atom stereocenters. The minimum absolute atomic E-state index is 0.0455. The van der Waals surface area contributed by atoms with Crippen molar-refractivity contribution in [2.24, 2.45) is 0 Å². The first-order chi connectivity index (χ1) is 14.3. The van der Waals surface area contributed by atoms with Gasteiger partial charge in [0.15, 0.2) is 5.65 Å². The first-order valence-corrected chi connectivity index (χ1v) is 10.1. The zero-order valence-corrected chi connectivity index (χ0v) is 16.2. The third kappa shape index (κ3) is 3.53. The van der Waals surface area contributed by atoms with Crippen LogP contribution in [0.5, 0.6) is 0 Å². The van der Waals surface area contributed by atoms with Crippen LogP contribution in [0.2, 0.25) is 0 Å². The normalized spacial score (nSPS) is 17.7. The van der Waals surface area contributed by atoms with E-state index >= 15 is 0 Å². The quantitative estimate of drug-likeness (QED) is 0.668. The summed E-state index contributed by atoms with van der Waals surface area (Å²) in [4.78, 5) is 21.4. The van der Waals surface area contributed by atoms with Crippen molar-refractivity contribution in [1.29, 1.82) is 0 Å². The molecule has 3 aromatic rings. The topological polar surface area (TPSA) is 88.8 Å². The van der Waals surface area contributed by atoms with Crippen LogP contribution < -0.4 is 4.90 Å². The first-order valence-electron chi connectivity index (χ1n) is 10.1. The summed E-state index contributed by atoms with van der Waals surface area (Å²) in [5, 5.41) is 13.2. The smallest absolute Gasteiger partial charge is 0.253 e. The number of carbonyl (C=O) groups is 1. The number of likely N-dealkylation sites (tertiary alicyclic amines) is 1. The van der Waals surface area contributed by atoms with Crippen molar-refractivity contribution in [2.75, 3.05) is 44.3 Å². The van der Waals surface area contributed by atoms with Crippen molar-refractivity contribution in [2.45, 2.75) is 19.3 Å². The molecule has 150 valence electrons. The molecule has 0 N–H and O–H groups in total. The average molecular weight is 393 g/mol. The molecule has 2 saturated heterocycles. The Labute approximate surface area is 168 Å². The SMILES string of the molecule is O=C(c1ccnc(-c2nnc3ccc(N4CCOCC4)nn23)c1)N1CCCCC1. The van der Waals surface area contributed by atoms with Crippen molar-refractivity contribution in [3.05, 3.63) is 36.0 Å². The van der Waals surface area contributed by atoms with Gasteiger partial charge in [0.2, 0.25) is 5.82 Å². The van der Waals surface area contributed by atoms with Gasteiger partial charge < -0.3 is 14.5 Å². The van der Waals surface area contributed by atoms with Crippen LogP contribution >= 0.6 is 0 Å². The minimum atomic E-state index is 0.0455.